The molecule has 0 aliphatic carbocycles. The average Bonchev–Trinajstić information content (AvgIpc) is 2.57. The van der Waals surface area contributed by atoms with Crippen LogP contribution in [-0.2, 0) is 0 Å². The molecular weight excluding hydrogens is 178 g/mol. The monoisotopic (exact) mass is 186 g/mol. The number of benzene rings is 1. The highest BCUT2D eigenvalue weighted by molar-refractivity contribution is 5.73. The molecule has 0 saturated carbocycles. The first kappa shape index (κ1) is 7.25. The first-order chi connectivity index (χ1) is 6.86. The van der Waals surface area contributed by atoms with E-state index in [4.69, 9.17) is 5.73 Å². The fraction of sp³-hybridized carbons (Fsp3) is 0. The Morgan fingerprint density at radius 3 is 3.00 bits per heavy atom. The van der Waals surface area contributed by atoms with Crippen molar-refractivity contribution < 1.29 is 4.40 Å². The number of rotatable bonds is 0. The Morgan fingerprint density at radius 1 is 1.21 bits per heavy atom. The van der Waals surface area contributed by atoms with Gasteiger partial charge in [-0.15, -0.1) is 9.97 Å². The number of nitrogens with zero attached hydrogens (tertiary/aromatic N) is 3. The molecule has 14 heavy (non-hydrogen) atoms. The number of nitrogen functional groups attached to an aromatic ring is 1. The molecule has 0 bridgehead atoms. The summed E-state index contributed by atoms with van der Waals surface area (Å²) in [5.74, 6) is 1.14. The molecule has 3 aromatic rings. The zero-order valence-corrected chi connectivity index (χ0v) is 7.31. The molecule has 0 spiro atoms. The van der Waals surface area contributed by atoms with Crippen LogP contribution in [0.2, 0.25) is 0 Å². The molecule has 5 heteroatoms. The van der Waals surface area contributed by atoms with Gasteiger partial charge in [-0.1, -0.05) is 12.1 Å². The first-order valence-electron chi connectivity index (χ1n) is 4.25. The Balaban J connectivity index is 2.65. The molecule has 0 amide bonds. The zero-order valence-electron chi connectivity index (χ0n) is 7.31. The number of hydrogen-bond donors (Lipinski definition) is 2. The number of nitrogens with two attached hydrogens (primary N) is 1. The van der Waals surface area contributed by atoms with Gasteiger partial charge in [0.05, 0.1) is 0 Å². The van der Waals surface area contributed by atoms with Crippen LogP contribution in [0.3, 0.4) is 0 Å². The van der Waals surface area contributed by atoms with Gasteiger partial charge in [0.1, 0.15) is 11.0 Å². The highest BCUT2D eigenvalue weighted by atomic mass is 15.2. The zero-order chi connectivity index (χ0) is 9.54. The first-order valence-corrected chi connectivity index (χ1v) is 4.25. The van der Waals surface area contributed by atoms with E-state index in [-0.39, 0.29) is 0 Å². The SMILES string of the molecule is Nc1ncnc2[nH]c3ccccc3[n+]12. The van der Waals surface area contributed by atoms with Crippen molar-refractivity contribution in [2.45, 2.75) is 0 Å². The summed E-state index contributed by atoms with van der Waals surface area (Å²) in [6.45, 7) is 0. The number of imidazole rings is 1. The molecule has 0 aliphatic heterocycles. The number of H-pyrrole nitrogens is 1. The van der Waals surface area contributed by atoms with Crippen molar-refractivity contribution in [3.63, 3.8) is 0 Å². The van der Waals surface area contributed by atoms with Crippen molar-refractivity contribution in [3.8, 4) is 0 Å². The molecule has 0 atom stereocenters. The third-order valence-corrected chi connectivity index (χ3v) is 2.20. The van der Waals surface area contributed by atoms with Gasteiger partial charge in [0.25, 0.3) is 0 Å². The van der Waals surface area contributed by atoms with Crippen LogP contribution < -0.4 is 10.1 Å². The van der Waals surface area contributed by atoms with Crippen molar-refractivity contribution in [2.24, 2.45) is 0 Å². The molecule has 2 heterocycles. The maximum absolute atomic E-state index is 5.76. The molecule has 0 radical (unpaired) electrons. The molecule has 68 valence electrons. The topological polar surface area (TPSA) is 71.7 Å². The van der Waals surface area contributed by atoms with E-state index < -0.39 is 0 Å². The van der Waals surface area contributed by atoms with Gasteiger partial charge in [-0.05, 0) is 12.1 Å². The Kier molecular flexibility index (Phi) is 1.25. The number of anilines is 1. The minimum atomic E-state index is 0.437. The fourth-order valence-electron chi connectivity index (χ4n) is 1.59. The van der Waals surface area contributed by atoms with Crippen molar-refractivity contribution >= 4 is 22.8 Å². The normalized spacial score (nSPS) is 11.1. The van der Waals surface area contributed by atoms with Crippen LogP contribution in [0.1, 0.15) is 0 Å². The maximum Gasteiger partial charge on any atom is 0.333 e. The van der Waals surface area contributed by atoms with E-state index >= 15 is 0 Å². The van der Waals surface area contributed by atoms with Gasteiger partial charge in [-0.2, -0.15) is 4.40 Å². The summed E-state index contributed by atoms with van der Waals surface area (Å²) >= 11 is 0. The Bertz CT molecular complexity index is 613. The predicted octanol–water partition coefficient (Wildman–Crippen LogP) is 0.279. The number of nitrogens with one attached hydrogen (secondary N) is 1. The summed E-state index contributed by atoms with van der Waals surface area (Å²) in [7, 11) is 0. The second kappa shape index (κ2) is 2.41. The van der Waals surface area contributed by atoms with E-state index in [9.17, 15) is 0 Å². The van der Waals surface area contributed by atoms with E-state index in [2.05, 4.69) is 15.0 Å². The van der Waals surface area contributed by atoms with Crippen molar-refractivity contribution in [1.29, 1.82) is 0 Å². The van der Waals surface area contributed by atoms with Crippen LogP contribution in [-0.4, -0.2) is 15.0 Å². The smallest absolute Gasteiger partial charge is 0.319 e. The molecule has 3 N–H and O–H groups in total. The van der Waals surface area contributed by atoms with E-state index in [0.29, 0.717) is 11.7 Å². The number of para-hydroxylation sites is 2. The Labute approximate surface area is 79.2 Å². The summed E-state index contributed by atoms with van der Waals surface area (Å²) < 4.78 is 1.79. The lowest BCUT2D eigenvalue weighted by atomic mass is 10.3. The molecule has 1 aromatic carbocycles. The minimum Gasteiger partial charge on any atom is -0.319 e. The molecule has 2 aromatic heterocycles. The van der Waals surface area contributed by atoms with Gasteiger partial charge in [-0.3, -0.25) is 4.98 Å². The summed E-state index contributed by atoms with van der Waals surface area (Å²) in [4.78, 5) is 11.2. The molecule has 5 nitrogen and oxygen atoms in total. The number of fused-ring (bicyclic) bond motifs is 3. The van der Waals surface area contributed by atoms with Crippen LogP contribution in [0.25, 0.3) is 16.8 Å². The lowest BCUT2D eigenvalue weighted by molar-refractivity contribution is -0.470. The Morgan fingerprint density at radius 2 is 2.07 bits per heavy atom. The molecule has 0 fully saturated rings. The molecule has 3 rings (SSSR count). The third kappa shape index (κ3) is 0.806. The van der Waals surface area contributed by atoms with Gasteiger partial charge < -0.3 is 5.73 Å². The number of aromatic nitrogens is 4. The standard InChI is InChI=1S/C9H7N5/c10-8-11-5-12-9-13-6-3-1-2-4-7(6)14(8)9/h1-5H,(H2,10,11,12,13)/p+1. The van der Waals surface area contributed by atoms with Crippen molar-refractivity contribution in [3.05, 3.63) is 30.6 Å². The van der Waals surface area contributed by atoms with Crippen LogP contribution in [0, 0.1) is 0 Å². The quantitative estimate of drug-likeness (QED) is 0.495. The average molecular weight is 186 g/mol. The second-order valence-corrected chi connectivity index (χ2v) is 3.03. The predicted molar refractivity (Wildman–Crippen MR) is 51.5 cm³/mol. The van der Waals surface area contributed by atoms with Crippen LogP contribution in [0.15, 0.2) is 30.6 Å². The van der Waals surface area contributed by atoms with Gasteiger partial charge in [0.15, 0.2) is 0 Å². The summed E-state index contributed by atoms with van der Waals surface area (Å²) in [6.07, 6.45) is 1.44. The second-order valence-electron chi connectivity index (χ2n) is 3.03. The van der Waals surface area contributed by atoms with Crippen LogP contribution >= 0.6 is 0 Å². The van der Waals surface area contributed by atoms with E-state index in [1.54, 1.807) is 4.40 Å². The summed E-state index contributed by atoms with van der Waals surface area (Å²) in [5.41, 5.74) is 7.74. The summed E-state index contributed by atoms with van der Waals surface area (Å²) in [5, 5.41) is 0. The molecular formula is C9H8N5+. The van der Waals surface area contributed by atoms with Gasteiger partial charge in [0.2, 0.25) is 6.33 Å². The largest absolute Gasteiger partial charge is 0.333 e. The lowest BCUT2D eigenvalue weighted by Crippen LogP contribution is -2.27. The third-order valence-electron chi connectivity index (χ3n) is 2.20. The molecule has 0 unspecified atom stereocenters. The maximum atomic E-state index is 5.76. The van der Waals surface area contributed by atoms with E-state index in [0.717, 1.165) is 11.0 Å². The summed E-state index contributed by atoms with van der Waals surface area (Å²) in [6, 6.07) is 7.86. The molecule has 0 saturated heterocycles. The highest BCUT2D eigenvalue weighted by Crippen LogP contribution is 2.08. The van der Waals surface area contributed by atoms with Gasteiger partial charge in [-0.25, -0.2) is 0 Å². The van der Waals surface area contributed by atoms with Gasteiger partial charge >= 0.3 is 11.7 Å². The lowest BCUT2D eigenvalue weighted by Gasteiger charge is -1.89. The fourth-order valence-corrected chi connectivity index (χ4v) is 1.59. The number of aromatic amines is 1. The van der Waals surface area contributed by atoms with Crippen molar-refractivity contribution in [2.75, 3.05) is 5.73 Å². The van der Waals surface area contributed by atoms with E-state index in [1.807, 2.05) is 24.3 Å². The van der Waals surface area contributed by atoms with Crippen LogP contribution in [0.4, 0.5) is 5.95 Å². The van der Waals surface area contributed by atoms with Crippen molar-refractivity contribution in [1.82, 2.24) is 15.0 Å². The Hall–Kier alpha value is -2.17. The number of hydrogen-bond acceptors (Lipinski definition) is 3. The molecule has 0 aliphatic rings. The van der Waals surface area contributed by atoms with Gasteiger partial charge in [0, 0.05) is 0 Å². The highest BCUT2D eigenvalue weighted by Gasteiger charge is 2.11. The minimum absolute atomic E-state index is 0.437. The van der Waals surface area contributed by atoms with E-state index in [1.165, 1.54) is 6.33 Å². The van der Waals surface area contributed by atoms with Crippen LogP contribution in [0.5, 0.6) is 0 Å².